The molecule has 3 heterocycles. The molecule has 9 heteroatoms. The lowest BCUT2D eigenvalue weighted by atomic mass is 9.71. The van der Waals surface area contributed by atoms with Crippen LogP contribution in [-0.2, 0) is 5.54 Å². The molecule has 2 bridgehead atoms. The molecule has 6 rings (SSSR count). The molecule has 3 atom stereocenters. The summed E-state index contributed by atoms with van der Waals surface area (Å²) in [4.78, 5) is 0. The first-order valence-corrected chi connectivity index (χ1v) is 9.32. The van der Waals surface area contributed by atoms with Gasteiger partial charge >= 0.3 is 11.8 Å². The van der Waals surface area contributed by atoms with Crippen molar-refractivity contribution in [2.45, 2.75) is 36.8 Å². The van der Waals surface area contributed by atoms with Crippen molar-refractivity contribution in [3.8, 4) is 11.5 Å². The van der Waals surface area contributed by atoms with Gasteiger partial charge < -0.3 is 14.8 Å². The highest BCUT2D eigenvalue weighted by Crippen LogP contribution is 2.68. The number of nitrogens with one attached hydrogen (secondary N) is 1. The van der Waals surface area contributed by atoms with Crippen LogP contribution < -0.4 is 14.8 Å². The Kier molecular flexibility index (Phi) is 2.70. The maximum Gasteiger partial charge on any atom is 0.305 e. The Bertz CT molecular complexity index is 1190. The van der Waals surface area contributed by atoms with Gasteiger partial charge in [-0.25, -0.2) is 4.39 Å². The summed E-state index contributed by atoms with van der Waals surface area (Å²) in [5.41, 5.74) is -6.19. The van der Waals surface area contributed by atoms with E-state index in [0.717, 1.165) is 0 Å². The fourth-order valence-corrected chi connectivity index (χ4v) is 5.44. The van der Waals surface area contributed by atoms with Crippen LogP contribution in [0.25, 0.3) is 16.3 Å². The molecule has 3 nitrogen and oxygen atoms in total. The molecule has 0 saturated carbocycles. The zero-order valence-electron chi connectivity index (χ0n) is 15.7. The van der Waals surface area contributed by atoms with E-state index in [2.05, 4.69) is 5.32 Å². The minimum Gasteiger partial charge on any atom is -0.454 e. The summed E-state index contributed by atoms with van der Waals surface area (Å²) in [6.07, 6.45) is 0. The van der Waals surface area contributed by atoms with Crippen molar-refractivity contribution >= 4 is 29.9 Å². The van der Waals surface area contributed by atoms with Crippen molar-refractivity contribution in [3.63, 3.8) is 0 Å². The molecule has 0 amide bonds. The second-order valence-electron chi connectivity index (χ2n) is 8.56. The van der Waals surface area contributed by atoms with Crippen molar-refractivity contribution in [1.82, 2.24) is 0 Å². The van der Waals surface area contributed by atoms with Gasteiger partial charge in [0.15, 0.2) is 19.3 Å². The summed E-state index contributed by atoms with van der Waals surface area (Å²) in [6, 6.07) is 4.68. The van der Waals surface area contributed by atoms with Crippen LogP contribution in [0.1, 0.15) is 25.0 Å². The highest BCUT2D eigenvalue weighted by molar-refractivity contribution is 6.20. The summed E-state index contributed by atoms with van der Waals surface area (Å²) < 4.78 is 86.9. The second kappa shape index (κ2) is 4.49. The highest BCUT2D eigenvalue weighted by atomic mass is 19.3. The molecule has 29 heavy (non-hydrogen) atoms. The van der Waals surface area contributed by atoms with Crippen LogP contribution in [0.3, 0.4) is 0 Å². The molecule has 1 N–H and O–H groups in total. The zero-order valence-corrected chi connectivity index (χ0v) is 15.7. The molecular weight excluding hydrogens is 392 g/mol. The van der Waals surface area contributed by atoms with Crippen LogP contribution >= 0.6 is 0 Å². The SMILES string of the molecule is BC1(F)C(F)(F)C2=C(C(C)C3(C)Nc4c2ccc2cc5c(c3c42)OCO5)C1(F)F. The van der Waals surface area contributed by atoms with Crippen molar-refractivity contribution in [2.24, 2.45) is 5.92 Å². The van der Waals surface area contributed by atoms with Gasteiger partial charge in [-0.1, -0.05) is 19.1 Å². The Balaban J connectivity index is 1.80. The Labute approximate surface area is 163 Å². The topological polar surface area (TPSA) is 30.5 Å². The van der Waals surface area contributed by atoms with Crippen molar-refractivity contribution in [2.75, 3.05) is 12.1 Å². The Morgan fingerprint density at radius 3 is 2.55 bits per heavy atom. The molecular formula is C20H15BF5NO2. The number of hydrogen-bond acceptors (Lipinski definition) is 3. The standard InChI is InChI=1S/C20H15BF5NO2/c1-7-12-13(19(24,25)20(21,26)18(12,22)23)9-4-3-8-5-10-16(29-6-28-10)14-11(8)15(9)27-17(7,14)2/h3-5,7,27H,6,21H2,1-2H3. The number of alkyl halides is 5. The molecule has 3 unspecified atom stereocenters. The van der Waals surface area contributed by atoms with Gasteiger partial charge in [0, 0.05) is 33.6 Å². The molecule has 150 valence electrons. The highest BCUT2D eigenvalue weighted by Gasteiger charge is 2.77. The quantitative estimate of drug-likeness (QED) is 0.525. The average Bonchev–Trinajstić information content (AvgIpc) is 3.22. The molecule has 2 aromatic carbocycles. The molecule has 1 aliphatic carbocycles. The summed E-state index contributed by atoms with van der Waals surface area (Å²) in [7, 11) is 0.289. The van der Waals surface area contributed by atoms with Gasteiger partial charge in [0.1, 0.15) is 0 Å². The Hall–Kier alpha value is -2.45. The molecule has 0 fully saturated rings. The fraction of sp³-hybridized carbons (Fsp3) is 0.400. The maximum absolute atomic E-state index is 15.2. The van der Waals surface area contributed by atoms with Crippen molar-refractivity contribution in [1.29, 1.82) is 0 Å². The van der Waals surface area contributed by atoms with E-state index in [1.54, 1.807) is 19.1 Å². The second-order valence-corrected chi connectivity index (χ2v) is 8.56. The largest absolute Gasteiger partial charge is 0.454 e. The zero-order chi connectivity index (χ0) is 20.7. The van der Waals surface area contributed by atoms with Gasteiger partial charge in [-0.2, -0.15) is 17.6 Å². The predicted molar refractivity (Wildman–Crippen MR) is 99.4 cm³/mol. The number of benzene rings is 2. The smallest absolute Gasteiger partial charge is 0.305 e. The number of anilines is 1. The molecule has 4 aliphatic rings. The lowest BCUT2D eigenvalue weighted by Crippen LogP contribution is -2.54. The van der Waals surface area contributed by atoms with E-state index < -0.39 is 40.0 Å². The predicted octanol–water partition coefficient (Wildman–Crippen LogP) is 4.20. The van der Waals surface area contributed by atoms with Crippen LogP contribution in [-0.4, -0.2) is 32.1 Å². The first-order chi connectivity index (χ1) is 13.4. The number of allylic oxidation sites excluding steroid dienone is 1. The van der Waals surface area contributed by atoms with E-state index in [-0.39, 0.29) is 20.2 Å². The molecule has 2 aromatic rings. The lowest BCUT2D eigenvalue weighted by molar-refractivity contribution is -0.146. The van der Waals surface area contributed by atoms with E-state index in [1.165, 1.54) is 13.0 Å². The third-order valence-electron chi connectivity index (χ3n) is 7.22. The van der Waals surface area contributed by atoms with E-state index in [1.807, 2.05) is 0 Å². The van der Waals surface area contributed by atoms with Crippen LogP contribution in [0, 0.1) is 5.92 Å². The number of hydrogen-bond donors (Lipinski definition) is 1. The van der Waals surface area contributed by atoms with Gasteiger partial charge in [-0.05, 0) is 18.4 Å². The summed E-state index contributed by atoms with van der Waals surface area (Å²) >= 11 is 0. The Morgan fingerprint density at radius 2 is 1.83 bits per heavy atom. The van der Waals surface area contributed by atoms with Crippen LogP contribution in [0.2, 0.25) is 0 Å². The van der Waals surface area contributed by atoms with Gasteiger partial charge in [0.2, 0.25) is 12.4 Å². The van der Waals surface area contributed by atoms with E-state index >= 15 is 17.6 Å². The van der Waals surface area contributed by atoms with Gasteiger partial charge in [0.25, 0.3) is 0 Å². The van der Waals surface area contributed by atoms with Gasteiger partial charge in [-0.3, -0.25) is 0 Å². The minimum absolute atomic E-state index is 0.0178. The van der Waals surface area contributed by atoms with Gasteiger partial charge in [0.05, 0.1) is 11.2 Å². The summed E-state index contributed by atoms with van der Waals surface area (Å²) in [6.45, 7) is 3.08. The van der Waals surface area contributed by atoms with Crippen LogP contribution in [0.15, 0.2) is 23.8 Å². The maximum atomic E-state index is 15.2. The first kappa shape index (κ1) is 17.4. The minimum atomic E-state index is -4.34. The van der Waals surface area contributed by atoms with Crippen LogP contribution in [0.4, 0.5) is 27.6 Å². The average molecular weight is 407 g/mol. The number of rotatable bonds is 0. The molecule has 0 aromatic heterocycles. The number of halogens is 5. The van der Waals surface area contributed by atoms with Crippen molar-refractivity contribution < 1.29 is 31.4 Å². The Morgan fingerprint density at radius 1 is 1.10 bits per heavy atom. The van der Waals surface area contributed by atoms with E-state index in [9.17, 15) is 4.39 Å². The van der Waals surface area contributed by atoms with E-state index in [0.29, 0.717) is 33.5 Å². The summed E-state index contributed by atoms with van der Waals surface area (Å²) in [5, 5.41) is 4.55. The monoisotopic (exact) mass is 407 g/mol. The number of ether oxygens (including phenoxy) is 2. The molecule has 0 saturated heterocycles. The lowest BCUT2D eigenvalue weighted by Gasteiger charge is -2.38. The molecule has 0 spiro atoms. The third-order valence-corrected chi connectivity index (χ3v) is 7.22. The number of fused-ring (bicyclic) bond motifs is 5. The van der Waals surface area contributed by atoms with Crippen LogP contribution in [0.5, 0.6) is 11.5 Å². The van der Waals surface area contributed by atoms with E-state index in [4.69, 9.17) is 9.47 Å². The van der Waals surface area contributed by atoms with Crippen molar-refractivity contribution in [3.05, 3.63) is 34.9 Å². The first-order valence-electron chi connectivity index (χ1n) is 9.32. The third kappa shape index (κ3) is 1.55. The summed E-state index contributed by atoms with van der Waals surface area (Å²) in [5.74, 6) is -8.93. The molecule has 3 aliphatic heterocycles. The fourth-order valence-electron chi connectivity index (χ4n) is 5.44. The normalized spacial score (nSPS) is 34.5. The van der Waals surface area contributed by atoms with Gasteiger partial charge in [-0.15, -0.1) is 0 Å². The molecule has 0 radical (unpaired) electrons.